The first kappa shape index (κ1) is 37.5. The van der Waals surface area contributed by atoms with Gasteiger partial charge in [0.15, 0.2) is 5.82 Å². The highest BCUT2D eigenvalue weighted by Crippen LogP contribution is 2.53. The summed E-state index contributed by atoms with van der Waals surface area (Å²) in [5.74, 6) is 0.952. The van der Waals surface area contributed by atoms with Crippen molar-refractivity contribution in [2.75, 3.05) is 4.90 Å². The maximum absolute atomic E-state index is 5.17. The first-order valence-electron chi connectivity index (χ1n) is 22.7. The standard InChI is InChI=1S/C61H44N4/c1-61(2)52-27-14-12-25-46(52)48-36-51-50-35-42(30-32-58(50)64(59(51)37-53(48)61)44-22-10-5-11-23-44)41-29-31-57-49(34-41)47-26-13-15-28-56(47)65(57)45-24-16-21-43(33-45)60-62-54(39-17-6-3-7-18-39)38-55(63-60)40-19-8-4-9-20-40/h3-25,27-38,47H,26H2,1-2H3. The number of allylic oxidation sites excluding steroid dienone is 4. The third kappa shape index (κ3) is 5.91. The lowest BCUT2D eigenvalue weighted by Crippen LogP contribution is -2.14. The zero-order chi connectivity index (χ0) is 43.2. The van der Waals surface area contributed by atoms with Crippen LogP contribution in [0.2, 0.25) is 0 Å². The van der Waals surface area contributed by atoms with Gasteiger partial charge in [-0.1, -0.05) is 153 Å². The van der Waals surface area contributed by atoms with Crippen molar-refractivity contribution in [2.45, 2.75) is 31.6 Å². The lowest BCUT2D eigenvalue weighted by molar-refractivity contribution is 0.661. The number of hydrogen-bond acceptors (Lipinski definition) is 3. The van der Waals surface area contributed by atoms with E-state index in [1.807, 2.05) is 12.1 Å². The minimum atomic E-state index is -0.0857. The monoisotopic (exact) mass is 832 g/mol. The Kier molecular flexibility index (Phi) is 8.35. The van der Waals surface area contributed by atoms with Gasteiger partial charge in [0, 0.05) is 61.6 Å². The Labute approximate surface area is 379 Å². The van der Waals surface area contributed by atoms with E-state index in [9.17, 15) is 0 Å². The predicted octanol–water partition coefficient (Wildman–Crippen LogP) is 15.6. The molecule has 0 saturated heterocycles. The van der Waals surface area contributed by atoms with Crippen LogP contribution >= 0.6 is 0 Å². The highest BCUT2D eigenvalue weighted by Gasteiger charge is 2.37. The fraction of sp³-hybridized carbons (Fsp3) is 0.0820. The Morgan fingerprint density at radius 2 is 1.14 bits per heavy atom. The van der Waals surface area contributed by atoms with E-state index in [1.54, 1.807) is 0 Å². The van der Waals surface area contributed by atoms with Crippen LogP contribution in [0.15, 0.2) is 218 Å². The summed E-state index contributed by atoms with van der Waals surface area (Å²) in [6, 6.07) is 70.5. The molecule has 0 amide bonds. The molecule has 0 radical (unpaired) electrons. The smallest absolute Gasteiger partial charge is 0.160 e. The first-order valence-corrected chi connectivity index (χ1v) is 22.7. The summed E-state index contributed by atoms with van der Waals surface area (Å²) in [7, 11) is 0. The molecule has 1 atom stereocenters. The van der Waals surface area contributed by atoms with Crippen molar-refractivity contribution in [1.82, 2.24) is 14.5 Å². The van der Waals surface area contributed by atoms with Crippen LogP contribution in [0.25, 0.3) is 83.6 Å². The van der Waals surface area contributed by atoms with Gasteiger partial charge < -0.3 is 9.47 Å². The van der Waals surface area contributed by atoms with E-state index >= 15 is 0 Å². The topological polar surface area (TPSA) is 34.0 Å². The van der Waals surface area contributed by atoms with E-state index in [0.29, 0.717) is 5.82 Å². The van der Waals surface area contributed by atoms with Gasteiger partial charge in [-0.3, -0.25) is 0 Å². The van der Waals surface area contributed by atoms with Gasteiger partial charge in [0.2, 0.25) is 0 Å². The van der Waals surface area contributed by atoms with E-state index in [1.165, 1.54) is 77.8 Å². The molecule has 0 saturated carbocycles. The van der Waals surface area contributed by atoms with Gasteiger partial charge in [0.25, 0.3) is 0 Å². The van der Waals surface area contributed by atoms with Crippen LogP contribution in [0, 0.1) is 0 Å². The average molecular weight is 833 g/mol. The molecule has 4 heteroatoms. The number of para-hydroxylation sites is 1. The largest absolute Gasteiger partial charge is 0.313 e. The van der Waals surface area contributed by atoms with Crippen LogP contribution < -0.4 is 4.90 Å². The molecule has 8 aromatic carbocycles. The fourth-order valence-corrected chi connectivity index (χ4v) is 10.9. The SMILES string of the molecule is CC1(C)c2ccccc2-c2cc3c4cc(-c5ccc6c(c5)C5CC=CC=C5N6c5cccc(-c6nc(-c7ccccc7)cc(-c7ccccc7)n6)c5)ccc4n(-c4ccccc4)c3cc21. The molecule has 3 aliphatic rings. The van der Waals surface area contributed by atoms with E-state index in [0.717, 1.165) is 40.2 Å². The highest BCUT2D eigenvalue weighted by molar-refractivity contribution is 6.12. The molecule has 2 aromatic heterocycles. The average Bonchev–Trinajstić information content (AvgIpc) is 3.96. The van der Waals surface area contributed by atoms with E-state index in [4.69, 9.17) is 9.97 Å². The maximum atomic E-state index is 5.17. The van der Waals surface area contributed by atoms with Crippen molar-refractivity contribution in [1.29, 1.82) is 0 Å². The quantitative estimate of drug-likeness (QED) is 0.167. The van der Waals surface area contributed by atoms with Crippen LogP contribution in [0.5, 0.6) is 0 Å². The lowest BCUT2D eigenvalue weighted by Gasteiger charge is -2.25. The molecule has 13 rings (SSSR count). The lowest BCUT2D eigenvalue weighted by atomic mass is 9.82. The van der Waals surface area contributed by atoms with Crippen molar-refractivity contribution < 1.29 is 0 Å². The molecule has 0 spiro atoms. The summed E-state index contributed by atoms with van der Waals surface area (Å²) in [5.41, 5.74) is 21.3. The Morgan fingerprint density at radius 3 is 1.91 bits per heavy atom. The Morgan fingerprint density at radius 1 is 0.492 bits per heavy atom. The summed E-state index contributed by atoms with van der Waals surface area (Å²) in [4.78, 5) is 12.8. The highest BCUT2D eigenvalue weighted by atomic mass is 15.2. The van der Waals surface area contributed by atoms with Crippen LogP contribution in [-0.4, -0.2) is 14.5 Å². The van der Waals surface area contributed by atoms with Gasteiger partial charge in [0.1, 0.15) is 0 Å². The van der Waals surface area contributed by atoms with E-state index in [-0.39, 0.29) is 11.3 Å². The van der Waals surface area contributed by atoms with Gasteiger partial charge in [-0.05, 0) is 118 Å². The third-order valence-corrected chi connectivity index (χ3v) is 14.1. The molecule has 0 N–H and O–H groups in total. The van der Waals surface area contributed by atoms with Crippen molar-refractivity contribution in [3.63, 3.8) is 0 Å². The van der Waals surface area contributed by atoms with Gasteiger partial charge in [-0.2, -0.15) is 0 Å². The number of nitrogens with zero attached hydrogens (tertiary/aromatic N) is 4. The second-order valence-corrected chi connectivity index (χ2v) is 18.1. The van der Waals surface area contributed by atoms with Crippen molar-refractivity contribution in [3.05, 3.63) is 235 Å². The van der Waals surface area contributed by atoms with Crippen LogP contribution in [0.4, 0.5) is 11.4 Å². The van der Waals surface area contributed by atoms with Gasteiger partial charge in [0.05, 0.1) is 22.4 Å². The molecular weight excluding hydrogens is 789 g/mol. The predicted molar refractivity (Wildman–Crippen MR) is 269 cm³/mol. The molecule has 1 aliphatic heterocycles. The van der Waals surface area contributed by atoms with Crippen molar-refractivity contribution in [2.24, 2.45) is 0 Å². The van der Waals surface area contributed by atoms with E-state index in [2.05, 4.69) is 224 Å². The molecule has 2 aliphatic carbocycles. The molecule has 0 fully saturated rings. The normalized spacial score (nSPS) is 15.4. The summed E-state index contributed by atoms with van der Waals surface area (Å²) >= 11 is 0. The summed E-state index contributed by atoms with van der Waals surface area (Å²) in [6.45, 7) is 4.73. The van der Waals surface area contributed by atoms with E-state index < -0.39 is 0 Å². The molecule has 4 nitrogen and oxygen atoms in total. The number of anilines is 2. The van der Waals surface area contributed by atoms with Gasteiger partial charge in [-0.15, -0.1) is 0 Å². The minimum Gasteiger partial charge on any atom is -0.313 e. The van der Waals surface area contributed by atoms with Crippen molar-refractivity contribution >= 4 is 33.2 Å². The molecule has 65 heavy (non-hydrogen) atoms. The number of hydrogen-bond donors (Lipinski definition) is 0. The number of rotatable bonds is 6. The summed E-state index contributed by atoms with van der Waals surface area (Å²) < 4.78 is 2.46. The Bertz CT molecular complexity index is 3540. The van der Waals surface area contributed by atoms with Crippen LogP contribution in [-0.2, 0) is 5.41 Å². The van der Waals surface area contributed by atoms with Gasteiger partial charge >= 0.3 is 0 Å². The molecular formula is C61H44N4. The zero-order valence-electron chi connectivity index (χ0n) is 36.3. The Hall–Kier alpha value is -8.08. The first-order chi connectivity index (χ1) is 32.0. The second-order valence-electron chi connectivity index (χ2n) is 18.1. The van der Waals surface area contributed by atoms with Crippen molar-refractivity contribution in [3.8, 4) is 61.8 Å². The molecule has 10 aromatic rings. The third-order valence-electron chi connectivity index (χ3n) is 14.1. The molecule has 308 valence electrons. The maximum Gasteiger partial charge on any atom is 0.160 e. The van der Waals surface area contributed by atoms with Crippen LogP contribution in [0.1, 0.15) is 42.9 Å². The van der Waals surface area contributed by atoms with Crippen LogP contribution in [0.3, 0.4) is 0 Å². The number of aromatic nitrogens is 3. The molecule has 0 bridgehead atoms. The number of benzene rings is 8. The second kappa shape index (κ2) is 14.5. The minimum absolute atomic E-state index is 0.0857. The summed E-state index contributed by atoms with van der Waals surface area (Å²) in [6.07, 6.45) is 7.76. The molecule has 1 unspecified atom stereocenters. The zero-order valence-corrected chi connectivity index (χ0v) is 36.3. The Balaban J connectivity index is 0.927. The molecule has 3 heterocycles. The fourth-order valence-electron chi connectivity index (χ4n) is 10.9. The number of fused-ring (bicyclic) bond motifs is 9. The van der Waals surface area contributed by atoms with Gasteiger partial charge in [-0.25, -0.2) is 9.97 Å². The summed E-state index contributed by atoms with van der Waals surface area (Å²) in [5, 5.41) is 2.54.